The predicted octanol–water partition coefficient (Wildman–Crippen LogP) is 0.252. The minimum atomic E-state index is 0.721. The summed E-state index contributed by atoms with van der Waals surface area (Å²) in [5.74, 6) is 0. The zero-order valence-corrected chi connectivity index (χ0v) is 6.36. The van der Waals surface area contributed by atoms with Gasteiger partial charge in [0.1, 0.15) is 11.9 Å². The molecular weight excluding hydrogens is 152 g/mol. The van der Waals surface area contributed by atoms with Crippen LogP contribution in [0.2, 0.25) is 0 Å². The summed E-state index contributed by atoms with van der Waals surface area (Å²) in [7, 11) is 0. The molecule has 0 aliphatic carbocycles. The zero-order valence-electron chi connectivity index (χ0n) is 6.36. The van der Waals surface area contributed by atoms with Crippen LogP contribution in [0.15, 0.2) is 23.6 Å². The van der Waals surface area contributed by atoms with Crippen molar-refractivity contribution >= 4 is 11.9 Å². The van der Waals surface area contributed by atoms with Crippen LogP contribution in [-0.4, -0.2) is 22.7 Å². The smallest absolute Gasteiger partial charge is 0.116 e. The maximum absolute atomic E-state index is 4.10. The molecule has 1 aliphatic rings. The Kier molecular flexibility index (Phi) is 1.82. The van der Waals surface area contributed by atoms with Crippen LogP contribution >= 0.6 is 0 Å². The molecule has 0 unspecified atom stereocenters. The van der Waals surface area contributed by atoms with Crippen molar-refractivity contribution in [1.82, 2.24) is 15.3 Å². The summed E-state index contributed by atoms with van der Waals surface area (Å²) in [4.78, 5) is 11.9. The minimum Gasteiger partial charge on any atom is -0.376 e. The van der Waals surface area contributed by atoms with E-state index in [2.05, 4.69) is 26.5 Å². The van der Waals surface area contributed by atoms with E-state index < -0.39 is 0 Å². The quantitative estimate of drug-likeness (QED) is 0.639. The SMILES string of the molecule is [C]1=C(c2cnccn2)NCC=N1. The molecule has 0 aromatic carbocycles. The van der Waals surface area contributed by atoms with Crippen molar-refractivity contribution in [2.75, 3.05) is 6.54 Å². The fourth-order valence-electron chi connectivity index (χ4n) is 0.919. The van der Waals surface area contributed by atoms with E-state index >= 15 is 0 Å². The Morgan fingerprint density at radius 1 is 1.42 bits per heavy atom. The lowest BCUT2D eigenvalue weighted by molar-refractivity contribution is 0.993. The zero-order chi connectivity index (χ0) is 8.23. The highest BCUT2D eigenvalue weighted by Gasteiger charge is 2.03. The molecule has 4 heteroatoms. The van der Waals surface area contributed by atoms with Crippen LogP contribution in [0.25, 0.3) is 5.70 Å². The van der Waals surface area contributed by atoms with E-state index in [1.165, 1.54) is 0 Å². The van der Waals surface area contributed by atoms with Crippen molar-refractivity contribution in [2.45, 2.75) is 0 Å². The number of hydrogen-bond donors (Lipinski definition) is 1. The van der Waals surface area contributed by atoms with E-state index in [1.54, 1.807) is 24.8 Å². The first-order valence-corrected chi connectivity index (χ1v) is 3.61. The lowest BCUT2D eigenvalue weighted by atomic mass is 10.3. The van der Waals surface area contributed by atoms with Gasteiger partial charge in [-0.1, -0.05) is 0 Å². The van der Waals surface area contributed by atoms with Crippen LogP contribution in [0.1, 0.15) is 5.69 Å². The molecule has 0 spiro atoms. The van der Waals surface area contributed by atoms with Crippen molar-refractivity contribution in [2.24, 2.45) is 4.99 Å². The number of aromatic nitrogens is 2. The lowest BCUT2D eigenvalue weighted by Crippen LogP contribution is -2.18. The molecule has 1 aliphatic heterocycles. The Hall–Kier alpha value is -1.71. The van der Waals surface area contributed by atoms with Crippen LogP contribution in [0, 0.1) is 6.20 Å². The highest BCUT2D eigenvalue weighted by atomic mass is 15.0. The normalized spacial score (nSPS) is 15.2. The number of hydrogen-bond acceptors (Lipinski definition) is 4. The summed E-state index contributed by atoms with van der Waals surface area (Å²) >= 11 is 0. The monoisotopic (exact) mass is 159 g/mol. The molecule has 0 fully saturated rings. The van der Waals surface area contributed by atoms with Crippen molar-refractivity contribution in [3.63, 3.8) is 0 Å². The number of aliphatic imine (C=N–C) groups is 1. The number of nitrogens with zero attached hydrogens (tertiary/aromatic N) is 3. The van der Waals surface area contributed by atoms with Crippen LogP contribution in [0.5, 0.6) is 0 Å². The Morgan fingerprint density at radius 2 is 2.42 bits per heavy atom. The molecule has 2 heterocycles. The first-order chi connectivity index (χ1) is 5.97. The molecule has 0 saturated heterocycles. The second-order valence-corrected chi connectivity index (χ2v) is 2.27. The number of nitrogens with one attached hydrogen (secondary N) is 1. The summed E-state index contributed by atoms with van der Waals surface area (Å²) in [6.07, 6.45) is 9.51. The largest absolute Gasteiger partial charge is 0.376 e. The summed E-state index contributed by atoms with van der Waals surface area (Å²) in [6, 6.07) is 0. The van der Waals surface area contributed by atoms with Crippen molar-refractivity contribution in [3.8, 4) is 0 Å². The van der Waals surface area contributed by atoms with Gasteiger partial charge in [0.05, 0.1) is 18.4 Å². The first kappa shape index (κ1) is 6.97. The Morgan fingerprint density at radius 3 is 3.08 bits per heavy atom. The molecular formula is C8H7N4. The van der Waals surface area contributed by atoms with E-state index in [0.717, 1.165) is 17.9 Å². The van der Waals surface area contributed by atoms with Gasteiger partial charge in [0.25, 0.3) is 0 Å². The van der Waals surface area contributed by atoms with E-state index in [4.69, 9.17) is 0 Å². The van der Waals surface area contributed by atoms with Gasteiger partial charge in [-0.3, -0.25) is 15.0 Å². The molecule has 0 bridgehead atoms. The standard InChI is InChI=1S/C8H7N4/c1-3-11-7(5-9-1)8-6-10-2-4-12-8/h1-3,5,12H,4H2. The molecule has 2 rings (SSSR count). The molecule has 4 nitrogen and oxygen atoms in total. The van der Waals surface area contributed by atoms with Gasteiger partial charge >= 0.3 is 0 Å². The Balaban J connectivity index is 2.31. The molecule has 0 atom stereocenters. The Bertz CT molecular complexity index is 315. The van der Waals surface area contributed by atoms with Crippen LogP contribution in [0.4, 0.5) is 0 Å². The van der Waals surface area contributed by atoms with Crippen molar-refractivity contribution in [3.05, 3.63) is 30.5 Å². The van der Waals surface area contributed by atoms with Gasteiger partial charge in [0, 0.05) is 18.6 Å². The highest BCUT2D eigenvalue weighted by molar-refractivity contribution is 5.70. The van der Waals surface area contributed by atoms with Gasteiger partial charge < -0.3 is 5.32 Å². The average molecular weight is 159 g/mol. The van der Waals surface area contributed by atoms with E-state index in [-0.39, 0.29) is 0 Å². The van der Waals surface area contributed by atoms with Crippen LogP contribution in [0.3, 0.4) is 0 Å². The highest BCUT2D eigenvalue weighted by Crippen LogP contribution is 2.06. The van der Waals surface area contributed by atoms with Crippen molar-refractivity contribution in [1.29, 1.82) is 0 Å². The van der Waals surface area contributed by atoms with E-state index in [1.807, 2.05) is 0 Å². The lowest BCUT2D eigenvalue weighted by Gasteiger charge is -2.08. The molecule has 1 aromatic heterocycles. The summed E-state index contributed by atoms with van der Waals surface area (Å²) in [6.45, 7) is 0.721. The third kappa shape index (κ3) is 1.32. The van der Waals surface area contributed by atoms with Gasteiger partial charge in [-0.25, -0.2) is 0 Å². The molecule has 1 N–H and O–H groups in total. The first-order valence-electron chi connectivity index (χ1n) is 3.61. The maximum atomic E-state index is 4.10. The maximum Gasteiger partial charge on any atom is 0.116 e. The van der Waals surface area contributed by atoms with Gasteiger partial charge in [0.2, 0.25) is 0 Å². The fourth-order valence-corrected chi connectivity index (χ4v) is 0.919. The molecule has 1 radical (unpaired) electrons. The third-order valence-corrected chi connectivity index (χ3v) is 1.46. The number of rotatable bonds is 1. The second kappa shape index (κ2) is 3.13. The summed E-state index contributed by atoms with van der Waals surface area (Å²) < 4.78 is 0. The summed E-state index contributed by atoms with van der Waals surface area (Å²) in [5, 5.41) is 3.09. The molecule has 12 heavy (non-hydrogen) atoms. The van der Waals surface area contributed by atoms with E-state index in [0.29, 0.717) is 0 Å². The predicted molar refractivity (Wildman–Crippen MR) is 45.2 cm³/mol. The van der Waals surface area contributed by atoms with Crippen molar-refractivity contribution < 1.29 is 0 Å². The van der Waals surface area contributed by atoms with Gasteiger partial charge in [-0.05, 0) is 0 Å². The van der Waals surface area contributed by atoms with Gasteiger partial charge in [0.15, 0.2) is 0 Å². The summed E-state index contributed by atoms with van der Waals surface area (Å²) in [5.41, 5.74) is 1.57. The van der Waals surface area contributed by atoms with Crippen LogP contribution in [-0.2, 0) is 0 Å². The van der Waals surface area contributed by atoms with Crippen LogP contribution < -0.4 is 5.32 Å². The molecule has 59 valence electrons. The molecule has 0 amide bonds. The van der Waals surface area contributed by atoms with E-state index in [9.17, 15) is 0 Å². The topological polar surface area (TPSA) is 50.2 Å². The second-order valence-electron chi connectivity index (χ2n) is 2.27. The fraction of sp³-hybridized carbons (Fsp3) is 0.125. The minimum absolute atomic E-state index is 0.721. The molecule has 1 aromatic rings. The average Bonchev–Trinajstić information content (AvgIpc) is 2.21. The van der Waals surface area contributed by atoms with Gasteiger partial charge in [-0.2, -0.15) is 0 Å². The third-order valence-electron chi connectivity index (χ3n) is 1.46. The molecule has 0 saturated carbocycles. The Labute approximate surface area is 70.1 Å². The van der Waals surface area contributed by atoms with Gasteiger partial charge in [-0.15, -0.1) is 0 Å².